The van der Waals surface area contributed by atoms with Gasteiger partial charge in [0.1, 0.15) is 16.9 Å². The van der Waals surface area contributed by atoms with Gasteiger partial charge in [-0.1, -0.05) is 0 Å². The molecule has 1 amide bonds. The molecule has 6 rings (SSSR count). The molecule has 3 atom stereocenters. The van der Waals surface area contributed by atoms with E-state index in [0.717, 1.165) is 11.3 Å². The summed E-state index contributed by atoms with van der Waals surface area (Å²) in [5.74, 6) is 0.318. The number of ether oxygens (including phenoxy) is 1. The third-order valence-electron chi connectivity index (χ3n) is 7.01. The molecule has 2 N–H and O–H groups in total. The number of carbonyl (C=O) groups excluding carboxylic acids is 1. The summed E-state index contributed by atoms with van der Waals surface area (Å²) >= 11 is 0. The van der Waals surface area contributed by atoms with Crippen LogP contribution in [0, 0.1) is 0 Å². The molecule has 178 valence electrons. The Morgan fingerprint density at radius 1 is 1.35 bits per heavy atom. The number of likely N-dealkylation sites (tertiary alicyclic amines) is 1. The average molecular weight is 470 g/mol. The van der Waals surface area contributed by atoms with E-state index in [0.29, 0.717) is 42.2 Å². The van der Waals surface area contributed by atoms with Gasteiger partial charge >= 0.3 is 0 Å². The minimum absolute atomic E-state index is 0.0817. The van der Waals surface area contributed by atoms with Gasteiger partial charge in [0.05, 0.1) is 36.8 Å². The largest absolute Gasteiger partial charge is 0.484 e. The van der Waals surface area contributed by atoms with Crippen LogP contribution in [0.25, 0.3) is 5.65 Å². The molecule has 0 bridgehead atoms. The Balaban J connectivity index is 1.31. The number of piperazine rings is 1. The van der Waals surface area contributed by atoms with Crippen molar-refractivity contribution < 1.29 is 23.4 Å². The normalized spacial score (nSPS) is 25.5. The lowest BCUT2D eigenvalue weighted by atomic mass is 9.84. The number of halogens is 2. The number of hydrogen-bond donors (Lipinski definition) is 2. The minimum atomic E-state index is -2.35. The molecule has 34 heavy (non-hydrogen) atoms. The zero-order valence-electron chi connectivity index (χ0n) is 18.5. The van der Waals surface area contributed by atoms with E-state index >= 15 is 0 Å². The van der Waals surface area contributed by atoms with Gasteiger partial charge in [-0.2, -0.15) is 5.10 Å². The molecule has 2 fully saturated rings. The van der Waals surface area contributed by atoms with Gasteiger partial charge in [0.25, 0.3) is 12.3 Å². The van der Waals surface area contributed by atoms with Crippen LogP contribution in [0.15, 0.2) is 36.8 Å². The summed E-state index contributed by atoms with van der Waals surface area (Å²) in [6.45, 7) is 2.62. The van der Waals surface area contributed by atoms with Crippen molar-refractivity contribution in [3.05, 3.63) is 47.9 Å². The van der Waals surface area contributed by atoms with E-state index in [1.165, 1.54) is 10.7 Å². The number of alkyl halides is 2. The third kappa shape index (κ3) is 3.30. The van der Waals surface area contributed by atoms with Gasteiger partial charge in [-0.15, -0.1) is 0 Å². The van der Waals surface area contributed by atoms with Crippen molar-refractivity contribution in [1.29, 1.82) is 0 Å². The number of amides is 1. The molecule has 2 aromatic heterocycles. The highest BCUT2D eigenvalue weighted by Crippen LogP contribution is 2.46. The second-order valence-corrected chi connectivity index (χ2v) is 9.40. The second-order valence-electron chi connectivity index (χ2n) is 9.40. The summed E-state index contributed by atoms with van der Waals surface area (Å²) in [6.07, 6.45) is 2.95. The van der Waals surface area contributed by atoms with Crippen LogP contribution in [-0.2, 0) is 6.42 Å². The van der Waals surface area contributed by atoms with Crippen LogP contribution in [0.4, 0.5) is 20.2 Å². The Hall–Kier alpha value is -3.31. The molecule has 3 aliphatic heterocycles. The quantitative estimate of drug-likeness (QED) is 0.567. The molecule has 9 nitrogen and oxygen atoms in total. The number of nitrogens with one attached hydrogen (secondary N) is 1. The van der Waals surface area contributed by atoms with Crippen LogP contribution in [0.5, 0.6) is 5.75 Å². The zero-order valence-corrected chi connectivity index (χ0v) is 18.5. The van der Waals surface area contributed by atoms with Gasteiger partial charge in [0.2, 0.25) is 0 Å². The number of aromatic nitrogens is 3. The molecule has 5 heterocycles. The number of hydrogen-bond acceptors (Lipinski definition) is 7. The highest BCUT2D eigenvalue weighted by molar-refractivity contribution is 6.09. The van der Waals surface area contributed by atoms with E-state index in [4.69, 9.17) is 4.74 Å². The highest BCUT2D eigenvalue weighted by Gasteiger charge is 2.52. The van der Waals surface area contributed by atoms with Crippen molar-refractivity contribution >= 4 is 22.9 Å². The number of fused-ring (bicyclic) bond motifs is 3. The van der Waals surface area contributed by atoms with E-state index in [-0.39, 0.29) is 31.1 Å². The Morgan fingerprint density at radius 3 is 2.94 bits per heavy atom. The van der Waals surface area contributed by atoms with E-state index in [1.54, 1.807) is 23.4 Å². The first-order chi connectivity index (χ1) is 16.3. The molecule has 0 saturated carbocycles. The van der Waals surface area contributed by atoms with Crippen LogP contribution in [0.2, 0.25) is 0 Å². The number of nitrogens with zero attached hydrogens (tertiary/aromatic N) is 5. The summed E-state index contributed by atoms with van der Waals surface area (Å²) in [5, 5.41) is 17.0. The molecular weight excluding hydrogens is 446 g/mol. The van der Waals surface area contributed by atoms with Crippen LogP contribution >= 0.6 is 0 Å². The smallest absolute Gasteiger partial charge is 0.261 e. The third-order valence-corrected chi connectivity index (χ3v) is 7.01. The Morgan fingerprint density at radius 2 is 2.21 bits per heavy atom. The average Bonchev–Trinajstić information content (AvgIpc) is 3.37. The van der Waals surface area contributed by atoms with Gasteiger partial charge in [0, 0.05) is 49.6 Å². The molecule has 0 aliphatic carbocycles. The van der Waals surface area contributed by atoms with Crippen molar-refractivity contribution in [3.63, 3.8) is 0 Å². The van der Waals surface area contributed by atoms with Crippen molar-refractivity contribution in [1.82, 2.24) is 19.5 Å². The predicted molar refractivity (Wildman–Crippen MR) is 120 cm³/mol. The van der Waals surface area contributed by atoms with Gasteiger partial charge in [-0.3, -0.25) is 9.69 Å². The van der Waals surface area contributed by atoms with E-state index < -0.39 is 12.0 Å². The van der Waals surface area contributed by atoms with E-state index in [9.17, 15) is 18.7 Å². The topological polar surface area (TPSA) is 95.2 Å². The Bertz CT molecular complexity index is 1280. The molecule has 0 spiro atoms. The SMILES string of the molecule is C[C@]1(CO)Cc2cc(NC(=O)c3cnn4cccnc34)c(N3CC4[C@@H]3CN4CC(F)F)cc2O1. The maximum Gasteiger partial charge on any atom is 0.261 e. The maximum atomic E-state index is 13.2. The molecule has 2 saturated heterocycles. The number of rotatable bonds is 6. The standard InChI is InChI=1S/C23H24F2N6O3/c1-23(12-32)7-13-5-15(28-22(33)14-8-27-31-4-2-3-26-21(14)31)16(6-19(13)34-23)30-10-17-18(30)9-29(17)11-20(24)25/h2-6,8,17-18,20,32H,7,9-12H2,1H3,(H,28,33)/t17?,18-,23+/m0/s1. The first-order valence-corrected chi connectivity index (χ1v) is 11.2. The minimum Gasteiger partial charge on any atom is -0.484 e. The molecule has 1 unspecified atom stereocenters. The summed E-state index contributed by atoms with van der Waals surface area (Å²) < 4.78 is 33.2. The summed E-state index contributed by atoms with van der Waals surface area (Å²) in [7, 11) is 0. The Labute approximate surface area is 193 Å². The van der Waals surface area contributed by atoms with Crippen LogP contribution in [0.1, 0.15) is 22.8 Å². The maximum absolute atomic E-state index is 13.2. The molecule has 3 aromatic rings. The van der Waals surface area contributed by atoms with E-state index in [1.807, 2.05) is 19.1 Å². The lowest BCUT2D eigenvalue weighted by molar-refractivity contribution is -0.0309. The summed E-state index contributed by atoms with van der Waals surface area (Å²) in [4.78, 5) is 21.4. The van der Waals surface area contributed by atoms with Gasteiger partial charge in [0.15, 0.2) is 5.65 Å². The van der Waals surface area contributed by atoms with Gasteiger partial charge in [-0.05, 0) is 19.1 Å². The number of aliphatic hydroxyl groups is 1. The molecule has 1 aromatic carbocycles. The zero-order chi connectivity index (χ0) is 23.6. The lowest BCUT2D eigenvalue weighted by Crippen LogP contribution is -2.79. The van der Waals surface area contributed by atoms with Crippen molar-refractivity contribution in [2.24, 2.45) is 0 Å². The van der Waals surface area contributed by atoms with Crippen LogP contribution < -0.4 is 15.0 Å². The lowest BCUT2D eigenvalue weighted by Gasteiger charge is -2.63. The predicted octanol–water partition coefficient (Wildman–Crippen LogP) is 1.81. The molecule has 3 aliphatic rings. The highest BCUT2D eigenvalue weighted by atomic mass is 19.3. The van der Waals surface area contributed by atoms with Crippen LogP contribution in [-0.4, -0.2) is 80.9 Å². The van der Waals surface area contributed by atoms with Crippen LogP contribution in [0.3, 0.4) is 0 Å². The van der Waals surface area contributed by atoms with Gasteiger partial charge < -0.3 is 20.1 Å². The molecule has 11 heteroatoms. The summed E-state index contributed by atoms with van der Waals surface area (Å²) in [5.41, 5.74) is 2.34. The summed E-state index contributed by atoms with van der Waals surface area (Å²) in [6, 6.07) is 5.68. The monoisotopic (exact) mass is 470 g/mol. The fourth-order valence-electron chi connectivity index (χ4n) is 5.16. The van der Waals surface area contributed by atoms with Crippen molar-refractivity contribution in [3.8, 4) is 5.75 Å². The van der Waals surface area contributed by atoms with Gasteiger partial charge in [-0.25, -0.2) is 18.3 Å². The first kappa shape index (κ1) is 21.2. The van der Waals surface area contributed by atoms with E-state index in [2.05, 4.69) is 20.3 Å². The molecule has 0 radical (unpaired) electrons. The van der Waals surface area contributed by atoms with Crippen molar-refractivity contribution in [2.75, 3.05) is 36.5 Å². The number of benzene rings is 1. The molecular formula is C23H24F2N6O3. The first-order valence-electron chi connectivity index (χ1n) is 11.2. The number of carbonyl (C=O) groups is 1. The van der Waals surface area contributed by atoms with Crippen molar-refractivity contribution in [2.45, 2.75) is 37.5 Å². The second kappa shape index (κ2) is 7.60. The fraction of sp³-hybridized carbons (Fsp3) is 0.435. The number of anilines is 2. The number of aliphatic hydroxyl groups excluding tert-OH is 1. The Kier molecular flexibility index (Phi) is 4.75. The fourth-order valence-corrected chi connectivity index (χ4v) is 5.16.